The Kier molecular flexibility index (Phi) is 4.68. The first-order chi connectivity index (χ1) is 11.3. The average molecular weight is 308 g/mol. The van der Waals surface area contributed by atoms with E-state index in [1.165, 1.54) is 11.1 Å². The molecule has 3 nitrogen and oxygen atoms in total. The molecule has 0 saturated heterocycles. The van der Waals surface area contributed by atoms with Crippen molar-refractivity contribution in [3.05, 3.63) is 77.5 Å². The molecule has 23 heavy (non-hydrogen) atoms. The van der Waals surface area contributed by atoms with Crippen molar-refractivity contribution in [2.45, 2.75) is 19.4 Å². The molecule has 0 amide bonds. The number of nitrogens with zero attached hydrogens (tertiary/aromatic N) is 2. The first-order valence-electron chi connectivity index (χ1n) is 8.16. The molecule has 0 saturated carbocycles. The standard InChI is InChI=1S/C20H24N2O/c1-4-15-22-19(17-13-9-6-10-14-17)20(23-3)18(21(22)2)16-11-7-5-8-12-16/h5-14,19H,4,15H2,1-3H3. The molecule has 0 aliphatic carbocycles. The fourth-order valence-corrected chi connectivity index (χ4v) is 3.33. The van der Waals surface area contributed by atoms with Crippen LogP contribution in [0, 0.1) is 0 Å². The van der Waals surface area contributed by atoms with Gasteiger partial charge in [0, 0.05) is 19.2 Å². The highest BCUT2D eigenvalue weighted by Gasteiger charge is 2.39. The smallest absolute Gasteiger partial charge is 0.144 e. The minimum absolute atomic E-state index is 0.126. The van der Waals surface area contributed by atoms with E-state index in [9.17, 15) is 0 Å². The molecule has 3 heteroatoms. The van der Waals surface area contributed by atoms with Crippen molar-refractivity contribution in [2.75, 3.05) is 20.7 Å². The molecule has 1 aliphatic heterocycles. The Morgan fingerprint density at radius 2 is 1.57 bits per heavy atom. The van der Waals surface area contributed by atoms with Crippen LogP contribution in [0.2, 0.25) is 0 Å². The summed E-state index contributed by atoms with van der Waals surface area (Å²) >= 11 is 0. The second kappa shape index (κ2) is 6.88. The number of hydrogen-bond donors (Lipinski definition) is 0. The van der Waals surface area contributed by atoms with E-state index < -0.39 is 0 Å². The molecule has 120 valence electrons. The van der Waals surface area contributed by atoms with Crippen molar-refractivity contribution in [1.29, 1.82) is 0 Å². The van der Waals surface area contributed by atoms with E-state index in [1.807, 2.05) is 6.07 Å². The Morgan fingerprint density at radius 1 is 0.957 bits per heavy atom. The molecule has 2 aromatic carbocycles. The minimum atomic E-state index is 0.126. The van der Waals surface area contributed by atoms with E-state index in [0.29, 0.717) is 0 Å². The van der Waals surface area contributed by atoms with Gasteiger partial charge in [0.1, 0.15) is 11.8 Å². The Morgan fingerprint density at radius 3 is 2.13 bits per heavy atom. The first-order valence-corrected chi connectivity index (χ1v) is 8.16. The molecule has 0 fully saturated rings. The zero-order valence-electron chi connectivity index (χ0n) is 14.1. The van der Waals surface area contributed by atoms with Crippen molar-refractivity contribution in [2.24, 2.45) is 0 Å². The van der Waals surface area contributed by atoms with Gasteiger partial charge in [0.2, 0.25) is 0 Å². The summed E-state index contributed by atoms with van der Waals surface area (Å²) in [5, 5.41) is 4.63. The zero-order chi connectivity index (χ0) is 16.2. The van der Waals surface area contributed by atoms with Crippen molar-refractivity contribution in [1.82, 2.24) is 10.0 Å². The van der Waals surface area contributed by atoms with Gasteiger partial charge in [0.05, 0.1) is 12.8 Å². The van der Waals surface area contributed by atoms with Gasteiger partial charge in [-0.05, 0) is 12.0 Å². The third-order valence-corrected chi connectivity index (χ3v) is 4.32. The van der Waals surface area contributed by atoms with Gasteiger partial charge in [0.15, 0.2) is 0 Å². The third kappa shape index (κ3) is 2.84. The van der Waals surface area contributed by atoms with E-state index >= 15 is 0 Å². The van der Waals surface area contributed by atoms with Gasteiger partial charge in [-0.1, -0.05) is 67.6 Å². The van der Waals surface area contributed by atoms with Crippen LogP contribution in [0.1, 0.15) is 30.5 Å². The summed E-state index contributed by atoms with van der Waals surface area (Å²) in [5.41, 5.74) is 3.59. The largest absolute Gasteiger partial charge is 0.497 e. The van der Waals surface area contributed by atoms with E-state index in [4.69, 9.17) is 4.74 Å². The Hall–Kier alpha value is -2.26. The number of methoxy groups -OCH3 is 1. The summed E-state index contributed by atoms with van der Waals surface area (Å²) in [7, 11) is 3.90. The second-order valence-electron chi connectivity index (χ2n) is 5.78. The van der Waals surface area contributed by atoms with Gasteiger partial charge in [-0.15, -0.1) is 0 Å². The maximum atomic E-state index is 5.89. The van der Waals surface area contributed by atoms with Crippen molar-refractivity contribution in [3.63, 3.8) is 0 Å². The van der Waals surface area contributed by atoms with Crippen LogP contribution in [0.3, 0.4) is 0 Å². The molecular formula is C20H24N2O. The molecular weight excluding hydrogens is 284 g/mol. The predicted molar refractivity (Wildman–Crippen MR) is 94.3 cm³/mol. The van der Waals surface area contributed by atoms with Gasteiger partial charge >= 0.3 is 0 Å². The third-order valence-electron chi connectivity index (χ3n) is 4.32. The molecule has 0 aromatic heterocycles. The summed E-state index contributed by atoms with van der Waals surface area (Å²) in [4.78, 5) is 0. The van der Waals surface area contributed by atoms with Crippen molar-refractivity contribution >= 4 is 5.70 Å². The van der Waals surface area contributed by atoms with E-state index in [1.54, 1.807) is 7.11 Å². The lowest BCUT2D eigenvalue weighted by Gasteiger charge is -2.32. The molecule has 0 radical (unpaired) electrons. The molecule has 0 N–H and O–H groups in total. The quantitative estimate of drug-likeness (QED) is 0.818. The minimum Gasteiger partial charge on any atom is -0.497 e. The van der Waals surface area contributed by atoms with E-state index in [2.05, 4.69) is 78.6 Å². The highest BCUT2D eigenvalue weighted by Crippen LogP contribution is 2.43. The topological polar surface area (TPSA) is 15.7 Å². The van der Waals surface area contributed by atoms with Gasteiger partial charge in [-0.2, -0.15) is 0 Å². The number of benzene rings is 2. The lowest BCUT2D eigenvalue weighted by molar-refractivity contribution is 0.0345. The van der Waals surface area contributed by atoms with Crippen molar-refractivity contribution < 1.29 is 4.74 Å². The summed E-state index contributed by atoms with van der Waals surface area (Å²) in [6.45, 7) is 3.20. The molecule has 0 bridgehead atoms. The van der Waals surface area contributed by atoms with Gasteiger partial charge in [0.25, 0.3) is 0 Å². The van der Waals surface area contributed by atoms with Crippen LogP contribution in [0.4, 0.5) is 0 Å². The summed E-state index contributed by atoms with van der Waals surface area (Å²) < 4.78 is 5.89. The van der Waals surface area contributed by atoms with Crippen LogP contribution in [0.5, 0.6) is 0 Å². The van der Waals surface area contributed by atoms with Crippen LogP contribution in [0.15, 0.2) is 66.4 Å². The highest BCUT2D eigenvalue weighted by molar-refractivity contribution is 5.69. The van der Waals surface area contributed by atoms with Crippen LogP contribution in [-0.4, -0.2) is 30.7 Å². The van der Waals surface area contributed by atoms with E-state index in [-0.39, 0.29) is 6.04 Å². The molecule has 3 rings (SSSR count). The molecule has 0 spiro atoms. The van der Waals surface area contributed by atoms with Crippen LogP contribution >= 0.6 is 0 Å². The maximum absolute atomic E-state index is 5.89. The number of rotatable bonds is 5. The van der Waals surface area contributed by atoms with Crippen molar-refractivity contribution in [3.8, 4) is 0 Å². The lowest BCUT2D eigenvalue weighted by Crippen LogP contribution is -2.36. The lowest BCUT2D eigenvalue weighted by atomic mass is 10.0. The van der Waals surface area contributed by atoms with Gasteiger partial charge in [-0.3, -0.25) is 0 Å². The Labute approximate surface area is 138 Å². The highest BCUT2D eigenvalue weighted by atomic mass is 16.5. The molecule has 1 atom stereocenters. The van der Waals surface area contributed by atoms with E-state index in [0.717, 1.165) is 24.4 Å². The van der Waals surface area contributed by atoms with Gasteiger partial charge in [-0.25, -0.2) is 5.01 Å². The fourth-order valence-electron chi connectivity index (χ4n) is 3.33. The molecule has 2 aromatic rings. The molecule has 1 heterocycles. The number of ether oxygens (including phenoxy) is 1. The SMILES string of the molecule is CCCN1C(c2ccccc2)C(OC)=C(c2ccccc2)N1C. The monoisotopic (exact) mass is 308 g/mol. The zero-order valence-corrected chi connectivity index (χ0v) is 14.1. The maximum Gasteiger partial charge on any atom is 0.144 e. The summed E-state index contributed by atoms with van der Waals surface area (Å²) in [5.74, 6) is 1.01. The summed E-state index contributed by atoms with van der Waals surface area (Å²) in [6.07, 6.45) is 1.09. The number of hydrazine groups is 1. The van der Waals surface area contributed by atoms with Crippen LogP contribution in [-0.2, 0) is 4.74 Å². The molecule has 1 unspecified atom stereocenters. The summed E-state index contributed by atoms with van der Waals surface area (Å²) in [6, 6.07) is 21.2. The van der Waals surface area contributed by atoms with Gasteiger partial charge < -0.3 is 9.75 Å². The predicted octanol–water partition coefficient (Wildman–Crippen LogP) is 4.32. The first kappa shape index (κ1) is 15.6. The molecule has 1 aliphatic rings. The Bertz CT molecular complexity index is 667. The number of hydrogen-bond acceptors (Lipinski definition) is 3. The van der Waals surface area contributed by atoms with Crippen LogP contribution < -0.4 is 0 Å². The average Bonchev–Trinajstić information content (AvgIpc) is 2.89. The Balaban J connectivity index is 2.12. The normalized spacial score (nSPS) is 18.6. The van der Waals surface area contributed by atoms with Crippen LogP contribution in [0.25, 0.3) is 5.70 Å². The fraction of sp³-hybridized carbons (Fsp3) is 0.300. The second-order valence-corrected chi connectivity index (χ2v) is 5.78.